The fraction of sp³-hybridized carbons (Fsp3) is 0.370. The molecule has 2 aliphatic rings. The monoisotopic (exact) mass is 528 g/mol. The summed E-state index contributed by atoms with van der Waals surface area (Å²) in [6.07, 6.45) is 9.82. The van der Waals surface area contributed by atoms with Crippen LogP contribution in [0.1, 0.15) is 61.5 Å². The number of carbonyl (C=O) groups is 3. The number of anilines is 1. The second-order valence-corrected chi connectivity index (χ2v) is 10.1. The molecule has 4 aromatic heterocycles. The maximum Gasteiger partial charge on any atom is 0.303 e. The van der Waals surface area contributed by atoms with Crippen molar-refractivity contribution in [2.45, 2.75) is 57.5 Å². The highest BCUT2D eigenvalue weighted by Crippen LogP contribution is 2.44. The van der Waals surface area contributed by atoms with E-state index >= 15 is 0 Å². The molecule has 0 radical (unpaired) electrons. The van der Waals surface area contributed by atoms with Gasteiger partial charge in [-0.2, -0.15) is 9.61 Å². The zero-order valence-corrected chi connectivity index (χ0v) is 21.6. The molecule has 12 nitrogen and oxygen atoms in total. The predicted octanol–water partition coefficient (Wildman–Crippen LogP) is 2.77. The lowest BCUT2D eigenvalue weighted by atomic mass is 9.85. The molecule has 2 aliphatic heterocycles. The van der Waals surface area contributed by atoms with E-state index in [9.17, 15) is 14.4 Å². The molecular formula is C27H28N8O4. The number of aromatic nitrogens is 6. The number of piperidine rings is 1. The van der Waals surface area contributed by atoms with Crippen LogP contribution in [0.15, 0.2) is 36.9 Å². The summed E-state index contributed by atoms with van der Waals surface area (Å²) >= 11 is 0. The van der Waals surface area contributed by atoms with E-state index in [2.05, 4.69) is 20.1 Å². The number of nitrogens with two attached hydrogens (primary N) is 1. The van der Waals surface area contributed by atoms with Crippen molar-refractivity contribution in [3.8, 4) is 22.6 Å². The molecular weight excluding hydrogens is 500 g/mol. The van der Waals surface area contributed by atoms with E-state index in [1.54, 1.807) is 24.8 Å². The van der Waals surface area contributed by atoms with Crippen molar-refractivity contribution in [1.29, 1.82) is 0 Å². The number of carbonyl (C=O) groups excluding carboxylic acids is 3. The Kier molecular flexibility index (Phi) is 6.09. The number of rotatable bonds is 6. The number of Topliss-reactive ketones (excluding diaryl/α,β-unsaturated/α-hetero) is 1. The number of nitrogens with zero attached hydrogens (tertiary/aromatic N) is 6. The number of pyridine rings is 1. The van der Waals surface area contributed by atoms with Gasteiger partial charge in [0.25, 0.3) is 5.91 Å². The van der Waals surface area contributed by atoms with Crippen LogP contribution in [0.4, 0.5) is 5.82 Å². The number of hydrogen-bond donors (Lipinski definition) is 2. The Hall–Kier alpha value is -4.61. The Morgan fingerprint density at radius 3 is 2.49 bits per heavy atom. The minimum absolute atomic E-state index is 0.0152. The molecule has 4 aromatic rings. The smallest absolute Gasteiger partial charge is 0.303 e. The number of ketones is 1. The van der Waals surface area contributed by atoms with Gasteiger partial charge in [-0.1, -0.05) is 6.07 Å². The van der Waals surface area contributed by atoms with Gasteiger partial charge in [-0.3, -0.25) is 19.4 Å². The van der Waals surface area contributed by atoms with Gasteiger partial charge >= 0.3 is 5.97 Å². The summed E-state index contributed by atoms with van der Waals surface area (Å²) in [5.74, 6) is 0.00781. The first-order valence-corrected chi connectivity index (χ1v) is 12.9. The van der Waals surface area contributed by atoms with Crippen molar-refractivity contribution >= 4 is 29.1 Å². The molecule has 2 unspecified atom stereocenters. The molecule has 2 saturated heterocycles. The van der Waals surface area contributed by atoms with E-state index in [1.165, 1.54) is 18.4 Å². The predicted molar refractivity (Wildman–Crippen MR) is 140 cm³/mol. The summed E-state index contributed by atoms with van der Waals surface area (Å²) in [7, 11) is 0. The van der Waals surface area contributed by atoms with E-state index in [-0.39, 0.29) is 42.1 Å². The average molecular weight is 529 g/mol. The average Bonchev–Trinajstić information content (AvgIpc) is 3.65. The zero-order valence-electron chi connectivity index (χ0n) is 21.6. The summed E-state index contributed by atoms with van der Waals surface area (Å²) in [4.78, 5) is 55.5. The summed E-state index contributed by atoms with van der Waals surface area (Å²) in [5, 5.41) is 4.44. The van der Waals surface area contributed by atoms with Crippen molar-refractivity contribution in [2.75, 3.05) is 12.3 Å². The number of esters is 1. The number of amides is 1. The van der Waals surface area contributed by atoms with E-state index in [0.29, 0.717) is 41.3 Å². The molecule has 2 fully saturated rings. The fourth-order valence-electron chi connectivity index (χ4n) is 6.04. The fourth-order valence-corrected chi connectivity index (χ4v) is 6.04. The van der Waals surface area contributed by atoms with Gasteiger partial charge in [0.15, 0.2) is 23.9 Å². The van der Waals surface area contributed by atoms with E-state index in [0.717, 1.165) is 24.0 Å². The topological polar surface area (TPSA) is 161 Å². The highest BCUT2D eigenvalue weighted by Gasteiger charge is 2.45. The molecule has 2 atom stereocenters. The number of H-pyrrole nitrogens is 1. The lowest BCUT2D eigenvalue weighted by molar-refractivity contribution is -0.152. The summed E-state index contributed by atoms with van der Waals surface area (Å²) in [5.41, 5.74) is 10.3. The van der Waals surface area contributed by atoms with Gasteiger partial charge in [0.1, 0.15) is 11.5 Å². The van der Waals surface area contributed by atoms with Crippen molar-refractivity contribution in [3.05, 3.63) is 48.2 Å². The van der Waals surface area contributed by atoms with Crippen LogP contribution in [0.5, 0.6) is 0 Å². The minimum Gasteiger partial charge on any atom is -0.456 e. The van der Waals surface area contributed by atoms with Crippen molar-refractivity contribution < 1.29 is 19.1 Å². The highest BCUT2D eigenvalue weighted by atomic mass is 16.5. The normalized spacial score (nSPS) is 20.4. The van der Waals surface area contributed by atoms with Crippen LogP contribution in [0.2, 0.25) is 0 Å². The maximum atomic E-state index is 12.8. The van der Waals surface area contributed by atoms with Crippen LogP contribution in [-0.2, 0) is 14.3 Å². The Balaban J connectivity index is 1.35. The molecule has 1 amide bonds. The SMILES string of the molecule is CC(=O)OCC(=O)N1C2CCC1CC(c1nc3c(-c4ccc(-c5ncc[nH]5)nc4)cnn3c(N)c1C(C)=O)C2. The van der Waals surface area contributed by atoms with Crippen LogP contribution < -0.4 is 5.73 Å². The quantitative estimate of drug-likeness (QED) is 0.283. The third-order valence-corrected chi connectivity index (χ3v) is 7.68. The van der Waals surface area contributed by atoms with Gasteiger partial charge < -0.3 is 20.4 Å². The largest absolute Gasteiger partial charge is 0.456 e. The van der Waals surface area contributed by atoms with Crippen LogP contribution in [0.3, 0.4) is 0 Å². The molecule has 12 heteroatoms. The number of nitrogen functional groups attached to an aromatic ring is 1. The standard InChI is InChI=1S/C27H28N8O4/c1-14(36)23-24(17-9-18-4-5-19(10-17)34(18)22(38)13-39-15(2)37)33-27-20(12-32-35(27)25(23)28)16-3-6-21(31-11-16)26-29-7-8-30-26/h3,6-8,11-12,17-19H,4-5,9-10,13,28H2,1-2H3,(H,29,30). The first kappa shape index (κ1) is 24.7. The Morgan fingerprint density at radius 1 is 1.10 bits per heavy atom. The molecule has 0 spiro atoms. The first-order valence-electron chi connectivity index (χ1n) is 12.9. The Morgan fingerprint density at radius 2 is 1.87 bits per heavy atom. The van der Waals surface area contributed by atoms with Crippen molar-refractivity contribution in [1.82, 2.24) is 34.4 Å². The van der Waals surface area contributed by atoms with E-state index in [1.807, 2.05) is 17.0 Å². The molecule has 0 saturated carbocycles. The van der Waals surface area contributed by atoms with E-state index in [4.69, 9.17) is 15.5 Å². The molecule has 39 heavy (non-hydrogen) atoms. The summed E-state index contributed by atoms with van der Waals surface area (Å²) in [6.45, 7) is 2.52. The van der Waals surface area contributed by atoms with Gasteiger partial charge in [-0.05, 0) is 38.7 Å². The molecule has 6 rings (SSSR count). The number of hydrogen-bond acceptors (Lipinski definition) is 9. The molecule has 200 valence electrons. The van der Waals surface area contributed by atoms with E-state index < -0.39 is 5.97 Å². The van der Waals surface area contributed by atoms with Crippen LogP contribution in [-0.4, -0.2) is 70.8 Å². The number of aromatic amines is 1. The summed E-state index contributed by atoms with van der Waals surface area (Å²) < 4.78 is 6.46. The van der Waals surface area contributed by atoms with Crippen molar-refractivity contribution in [2.24, 2.45) is 0 Å². The number of fused-ring (bicyclic) bond motifs is 3. The third kappa shape index (κ3) is 4.31. The number of nitrogens with one attached hydrogen (secondary N) is 1. The van der Waals surface area contributed by atoms with Gasteiger partial charge in [0, 0.05) is 54.6 Å². The number of ether oxygens (including phenoxy) is 1. The Bertz CT molecular complexity index is 1560. The lowest BCUT2D eigenvalue weighted by Crippen LogP contribution is -2.48. The minimum atomic E-state index is -0.480. The Labute approximate surface area is 223 Å². The molecule has 0 aliphatic carbocycles. The van der Waals surface area contributed by atoms with Gasteiger partial charge in [-0.15, -0.1) is 0 Å². The van der Waals surface area contributed by atoms with Gasteiger partial charge in [0.05, 0.1) is 17.5 Å². The highest BCUT2D eigenvalue weighted by molar-refractivity contribution is 6.00. The zero-order chi connectivity index (χ0) is 27.3. The van der Waals surface area contributed by atoms with Gasteiger partial charge in [0.2, 0.25) is 0 Å². The third-order valence-electron chi connectivity index (χ3n) is 7.68. The molecule has 6 heterocycles. The maximum absolute atomic E-state index is 12.8. The second kappa shape index (κ2) is 9.61. The number of imidazole rings is 1. The van der Waals surface area contributed by atoms with Crippen molar-refractivity contribution in [3.63, 3.8) is 0 Å². The summed E-state index contributed by atoms with van der Waals surface area (Å²) in [6, 6.07) is 3.76. The molecule has 2 bridgehead atoms. The van der Waals surface area contributed by atoms with Crippen LogP contribution >= 0.6 is 0 Å². The lowest BCUT2D eigenvalue weighted by Gasteiger charge is -2.39. The van der Waals surface area contributed by atoms with Crippen LogP contribution in [0.25, 0.3) is 28.3 Å². The van der Waals surface area contributed by atoms with Gasteiger partial charge in [-0.25, -0.2) is 9.97 Å². The molecule has 0 aromatic carbocycles. The first-order chi connectivity index (χ1) is 18.8. The second-order valence-electron chi connectivity index (χ2n) is 10.1. The van der Waals surface area contributed by atoms with Crippen LogP contribution in [0, 0.1) is 0 Å². The molecule has 3 N–H and O–H groups in total.